The molecule has 2 aromatic carbocycles. The average Bonchev–Trinajstić information content (AvgIpc) is 3.88. The van der Waals surface area contributed by atoms with Crippen LogP contribution in [0.2, 0.25) is 0 Å². The molecule has 0 spiro atoms. The number of ether oxygens (including phenoxy) is 4. The van der Waals surface area contributed by atoms with Crippen molar-refractivity contribution in [2.75, 3.05) is 80.7 Å². The predicted octanol–water partition coefficient (Wildman–Crippen LogP) is 5.50. The third kappa shape index (κ3) is 7.28. The first-order valence-electron chi connectivity index (χ1n) is 16.8. The van der Waals surface area contributed by atoms with Crippen molar-refractivity contribution in [3.05, 3.63) is 84.7 Å². The maximum absolute atomic E-state index is 6.20. The highest BCUT2D eigenvalue weighted by molar-refractivity contribution is 5.71. The molecule has 2 N–H and O–H groups in total. The molecular weight excluding hydrogens is 668 g/mol. The Balaban J connectivity index is 0.930. The van der Waals surface area contributed by atoms with Crippen LogP contribution >= 0.6 is 0 Å². The zero-order valence-corrected chi connectivity index (χ0v) is 28.6. The van der Waals surface area contributed by atoms with Gasteiger partial charge in [0.1, 0.15) is 40.6 Å². The highest BCUT2D eigenvalue weighted by Crippen LogP contribution is 2.36. The van der Waals surface area contributed by atoms with Gasteiger partial charge in [0.15, 0.2) is 0 Å². The van der Waals surface area contributed by atoms with Crippen molar-refractivity contribution in [3.63, 3.8) is 0 Å². The quantitative estimate of drug-likeness (QED) is 0.173. The average molecular weight is 705 g/mol. The largest absolute Gasteiger partial charge is 0.497 e. The van der Waals surface area contributed by atoms with Gasteiger partial charge in [0.25, 0.3) is 0 Å². The van der Waals surface area contributed by atoms with E-state index in [1.807, 2.05) is 54.6 Å². The van der Waals surface area contributed by atoms with Crippen LogP contribution in [-0.2, 0) is 9.47 Å². The van der Waals surface area contributed by atoms with Crippen LogP contribution < -0.4 is 29.9 Å². The van der Waals surface area contributed by atoms with E-state index in [0.717, 1.165) is 35.5 Å². The number of rotatable bonds is 11. The molecular formula is C36H36N10O6. The van der Waals surface area contributed by atoms with Gasteiger partial charge < -0.3 is 48.4 Å². The number of hydrogen-bond acceptors (Lipinski definition) is 16. The van der Waals surface area contributed by atoms with Gasteiger partial charge in [-0.1, -0.05) is 28.5 Å². The molecule has 0 amide bonds. The smallest absolute Gasteiger partial charge is 0.230 e. The minimum atomic E-state index is -0.246. The Hall–Kier alpha value is -6.26. The summed E-state index contributed by atoms with van der Waals surface area (Å²) in [4.78, 5) is 22.5. The molecule has 16 nitrogen and oxygen atoms in total. The van der Waals surface area contributed by atoms with Crippen LogP contribution in [0.4, 0.5) is 35.3 Å². The summed E-state index contributed by atoms with van der Waals surface area (Å²) in [6.07, 6.45) is 3.18. The number of hydrogen-bond donors (Lipinski definition) is 2. The number of nitrogens with zero attached hydrogens (tertiary/aromatic N) is 8. The Morgan fingerprint density at radius 3 is 2.13 bits per heavy atom. The maximum atomic E-state index is 6.20. The van der Waals surface area contributed by atoms with E-state index in [9.17, 15) is 0 Å². The molecule has 2 saturated heterocycles. The van der Waals surface area contributed by atoms with Gasteiger partial charge in [-0.25, -0.2) is 9.97 Å². The van der Waals surface area contributed by atoms with Crippen LogP contribution in [0.5, 0.6) is 11.5 Å². The van der Waals surface area contributed by atoms with E-state index < -0.39 is 0 Å². The lowest BCUT2D eigenvalue weighted by molar-refractivity contribution is 0.0391. The van der Waals surface area contributed by atoms with Crippen molar-refractivity contribution < 1.29 is 28.0 Å². The van der Waals surface area contributed by atoms with Crippen molar-refractivity contribution in [1.29, 1.82) is 0 Å². The molecule has 4 aromatic heterocycles. The van der Waals surface area contributed by atoms with Crippen LogP contribution in [-0.4, -0.2) is 90.5 Å². The molecule has 0 radical (unpaired) electrons. The summed E-state index contributed by atoms with van der Waals surface area (Å²) in [6, 6.07) is 20.7. The second-order valence-electron chi connectivity index (χ2n) is 12.0. The van der Waals surface area contributed by atoms with E-state index in [0.29, 0.717) is 85.3 Å². The van der Waals surface area contributed by atoms with Gasteiger partial charge in [-0.05, 0) is 42.0 Å². The molecule has 6 aromatic rings. The minimum Gasteiger partial charge on any atom is -0.497 e. The first-order valence-corrected chi connectivity index (χ1v) is 16.8. The van der Waals surface area contributed by atoms with Crippen LogP contribution in [0.3, 0.4) is 0 Å². The van der Waals surface area contributed by atoms with E-state index in [-0.39, 0.29) is 6.10 Å². The van der Waals surface area contributed by atoms with Crippen molar-refractivity contribution >= 4 is 35.3 Å². The molecule has 266 valence electrons. The lowest BCUT2D eigenvalue weighted by Crippen LogP contribution is -2.39. The molecule has 1 unspecified atom stereocenters. The molecule has 0 saturated carbocycles. The summed E-state index contributed by atoms with van der Waals surface area (Å²) >= 11 is 0. The Bertz CT molecular complexity index is 2130. The first kappa shape index (κ1) is 32.9. The molecule has 16 heteroatoms. The van der Waals surface area contributed by atoms with Crippen LogP contribution in [0.25, 0.3) is 22.5 Å². The maximum Gasteiger partial charge on any atom is 0.230 e. The summed E-state index contributed by atoms with van der Waals surface area (Å²) in [5, 5.41) is 14.9. The van der Waals surface area contributed by atoms with E-state index in [4.69, 9.17) is 33.0 Å². The molecule has 1 atom stereocenters. The Morgan fingerprint density at radius 1 is 0.712 bits per heavy atom. The van der Waals surface area contributed by atoms with Gasteiger partial charge in [0, 0.05) is 55.3 Å². The van der Waals surface area contributed by atoms with Crippen molar-refractivity contribution in [1.82, 2.24) is 30.2 Å². The fourth-order valence-corrected chi connectivity index (χ4v) is 6.02. The van der Waals surface area contributed by atoms with E-state index in [2.05, 4.69) is 45.7 Å². The van der Waals surface area contributed by atoms with Gasteiger partial charge in [-0.15, -0.1) is 0 Å². The minimum absolute atomic E-state index is 0.246. The highest BCUT2D eigenvalue weighted by Gasteiger charge is 2.26. The Morgan fingerprint density at radius 2 is 1.40 bits per heavy atom. The highest BCUT2D eigenvalue weighted by atomic mass is 16.5. The Kier molecular flexibility index (Phi) is 9.45. The summed E-state index contributed by atoms with van der Waals surface area (Å²) in [5.74, 6) is 4.65. The van der Waals surface area contributed by atoms with Gasteiger partial charge in [-0.3, -0.25) is 0 Å². The van der Waals surface area contributed by atoms with E-state index in [1.165, 1.54) is 0 Å². The third-order valence-corrected chi connectivity index (χ3v) is 8.69. The molecule has 6 heterocycles. The molecule has 2 aliphatic rings. The molecule has 0 bridgehead atoms. The standard InChI is InChI=1S/C36H36N10O6/c1-47-25-5-3-4-23(18-25)27-20-33(51-43-27)39-32-9-11-38-36(42-32)46-14-17-50-30(22-46)24-6-7-26(29(19-24)48-2)28-21-34(52-44-28)40-31-8-10-37-35(41-31)45-12-15-49-16-13-45/h3-11,18-21,30H,12-17,22H2,1-2H3,(H,37,40,41)(H,38,39,42). The van der Waals surface area contributed by atoms with Crippen LogP contribution in [0.15, 0.2) is 88.2 Å². The zero-order chi connectivity index (χ0) is 35.3. The number of benzene rings is 2. The van der Waals surface area contributed by atoms with Gasteiger partial charge in [-0.2, -0.15) is 9.97 Å². The molecule has 2 aliphatic heterocycles. The topological polar surface area (TPSA) is 171 Å². The lowest BCUT2D eigenvalue weighted by Gasteiger charge is -2.33. The fourth-order valence-electron chi connectivity index (χ4n) is 6.02. The number of aromatic nitrogens is 6. The number of anilines is 6. The van der Waals surface area contributed by atoms with Crippen molar-refractivity contribution in [3.8, 4) is 34.0 Å². The summed E-state index contributed by atoms with van der Waals surface area (Å²) in [7, 11) is 3.26. The van der Waals surface area contributed by atoms with Gasteiger partial charge in [0.05, 0.1) is 40.6 Å². The SMILES string of the molecule is COc1cccc(-c2cc(Nc3ccnc(N4CCOC(c5ccc(-c6cc(Nc7ccnc(N8CCOCC8)n7)on6)c(OC)c5)C4)n3)on2)c1. The van der Waals surface area contributed by atoms with Gasteiger partial charge >= 0.3 is 0 Å². The van der Waals surface area contributed by atoms with E-state index >= 15 is 0 Å². The summed E-state index contributed by atoms with van der Waals surface area (Å²) in [5.41, 5.74) is 3.89. The monoisotopic (exact) mass is 704 g/mol. The zero-order valence-electron chi connectivity index (χ0n) is 28.6. The lowest BCUT2D eigenvalue weighted by atomic mass is 10.0. The number of methoxy groups -OCH3 is 2. The van der Waals surface area contributed by atoms with Crippen molar-refractivity contribution in [2.24, 2.45) is 0 Å². The number of morpholine rings is 2. The predicted molar refractivity (Wildman–Crippen MR) is 192 cm³/mol. The molecule has 0 aliphatic carbocycles. The Labute approximate surface area is 298 Å². The molecule has 52 heavy (non-hydrogen) atoms. The fraction of sp³-hybridized carbons (Fsp3) is 0.278. The van der Waals surface area contributed by atoms with Crippen LogP contribution in [0, 0.1) is 0 Å². The second kappa shape index (κ2) is 14.9. The number of nitrogens with one attached hydrogen (secondary N) is 2. The third-order valence-electron chi connectivity index (χ3n) is 8.69. The first-order chi connectivity index (χ1) is 25.6. The van der Waals surface area contributed by atoms with Crippen molar-refractivity contribution in [2.45, 2.75) is 6.10 Å². The molecule has 2 fully saturated rings. The van der Waals surface area contributed by atoms with E-state index in [1.54, 1.807) is 38.7 Å². The summed E-state index contributed by atoms with van der Waals surface area (Å²) < 4.78 is 33.9. The van der Waals surface area contributed by atoms with Gasteiger partial charge in [0.2, 0.25) is 23.7 Å². The molecule has 8 rings (SSSR count). The van der Waals surface area contributed by atoms with Crippen LogP contribution in [0.1, 0.15) is 11.7 Å². The second-order valence-corrected chi connectivity index (χ2v) is 12.0. The normalized spacial score (nSPS) is 16.1. The summed E-state index contributed by atoms with van der Waals surface area (Å²) in [6.45, 7) is 4.45.